The van der Waals surface area contributed by atoms with Crippen LogP contribution in [0.25, 0.3) is 0 Å². The van der Waals surface area contributed by atoms with Crippen LogP contribution >= 0.6 is 0 Å². The van der Waals surface area contributed by atoms with E-state index in [9.17, 15) is 9.59 Å². The maximum absolute atomic E-state index is 13.1. The Hall–Kier alpha value is -2.63. The number of benzene rings is 1. The molecule has 6 nitrogen and oxygen atoms in total. The summed E-state index contributed by atoms with van der Waals surface area (Å²) in [6, 6.07) is 7.92. The van der Waals surface area contributed by atoms with Crippen molar-refractivity contribution < 1.29 is 14.1 Å². The van der Waals surface area contributed by atoms with Gasteiger partial charge in [0, 0.05) is 31.4 Å². The lowest BCUT2D eigenvalue weighted by atomic mass is 9.75. The summed E-state index contributed by atoms with van der Waals surface area (Å²) in [5.74, 6) is 0.802. The molecule has 0 saturated carbocycles. The average Bonchev–Trinajstić information content (AvgIpc) is 3.07. The third-order valence-corrected chi connectivity index (χ3v) is 5.85. The van der Waals surface area contributed by atoms with E-state index in [1.54, 1.807) is 4.90 Å². The first kappa shape index (κ1) is 16.8. The highest BCUT2D eigenvalue weighted by Gasteiger charge is 2.52. The Kier molecular flexibility index (Phi) is 3.86. The second-order valence-corrected chi connectivity index (χ2v) is 7.36. The van der Waals surface area contributed by atoms with Crippen molar-refractivity contribution in [1.82, 2.24) is 10.1 Å². The van der Waals surface area contributed by atoms with E-state index in [-0.39, 0.29) is 18.2 Å². The van der Waals surface area contributed by atoms with E-state index in [2.05, 4.69) is 5.16 Å². The molecule has 0 radical (unpaired) electrons. The van der Waals surface area contributed by atoms with Gasteiger partial charge in [-0.2, -0.15) is 0 Å². The Morgan fingerprint density at radius 2 is 2.08 bits per heavy atom. The highest BCUT2D eigenvalue weighted by molar-refractivity contribution is 6.08. The normalized spacial score (nSPS) is 22.2. The Morgan fingerprint density at radius 3 is 2.81 bits per heavy atom. The number of likely N-dealkylation sites (tertiary alicyclic amines) is 1. The zero-order valence-electron chi connectivity index (χ0n) is 15.4. The highest BCUT2D eigenvalue weighted by atomic mass is 16.5. The number of anilines is 1. The number of nitrogens with zero attached hydrogens (tertiary/aromatic N) is 3. The van der Waals surface area contributed by atoms with Crippen molar-refractivity contribution >= 4 is 17.5 Å². The molecule has 26 heavy (non-hydrogen) atoms. The zero-order valence-corrected chi connectivity index (χ0v) is 15.4. The summed E-state index contributed by atoms with van der Waals surface area (Å²) in [7, 11) is 1.82. The van der Waals surface area contributed by atoms with Crippen LogP contribution in [0.15, 0.2) is 28.8 Å². The van der Waals surface area contributed by atoms with Gasteiger partial charge < -0.3 is 14.3 Å². The van der Waals surface area contributed by atoms with Gasteiger partial charge in [0.05, 0.1) is 17.5 Å². The third-order valence-electron chi connectivity index (χ3n) is 5.85. The van der Waals surface area contributed by atoms with Crippen LogP contribution in [0.5, 0.6) is 0 Å². The topological polar surface area (TPSA) is 66.7 Å². The molecule has 2 amide bonds. The molecule has 1 saturated heterocycles. The Bertz CT molecular complexity index is 869. The van der Waals surface area contributed by atoms with Crippen molar-refractivity contribution in [2.24, 2.45) is 0 Å². The predicted molar refractivity (Wildman–Crippen MR) is 97.0 cm³/mol. The molecule has 2 aromatic rings. The number of carbonyl (C=O) groups is 2. The Labute approximate surface area is 152 Å². The minimum Gasteiger partial charge on any atom is -0.361 e. The van der Waals surface area contributed by atoms with Gasteiger partial charge in [-0.15, -0.1) is 0 Å². The summed E-state index contributed by atoms with van der Waals surface area (Å²) in [5, 5.41) is 3.93. The van der Waals surface area contributed by atoms with Crippen molar-refractivity contribution in [3.05, 3.63) is 46.8 Å². The molecule has 136 valence electrons. The van der Waals surface area contributed by atoms with Crippen LogP contribution in [0.4, 0.5) is 5.69 Å². The molecule has 1 aromatic carbocycles. The van der Waals surface area contributed by atoms with Gasteiger partial charge in [0.2, 0.25) is 11.8 Å². The lowest BCUT2D eigenvalue weighted by molar-refractivity contribution is -0.135. The maximum Gasteiger partial charge on any atom is 0.239 e. The van der Waals surface area contributed by atoms with Gasteiger partial charge in [-0.05, 0) is 38.3 Å². The Balaban J connectivity index is 1.62. The number of piperidine rings is 1. The van der Waals surface area contributed by atoms with Gasteiger partial charge in [-0.1, -0.05) is 23.4 Å². The van der Waals surface area contributed by atoms with E-state index >= 15 is 0 Å². The van der Waals surface area contributed by atoms with Gasteiger partial charge in [0.15, 0.2) is 0 Å². The summed E-state index contributed by atoms with van der Waals surface area (Å²) in [6.07, 6.45) is 1.87. The van der Waals surface area contributed by atoms with Crippen molar-refractivity contribution in [2.45, 2.75) is 38.5 Å². The average molecular weight is 353 g/mol. The minimum absolute atomic E-state index is 0.0262. The highest BCUT2D eigenvalue weighted by Crippen LogP contribution is 2.46. The van der Waals surface area contributed by atoms with Crippen LogP contribution in [0.3, 0.4) is 0 Å². The quantitative estimate of drug-likeness (QED) is 0.831. The summed E-state index contributed by atoms with van der Waals surface area (Å²) in [5.41, 5.74) is 2.99. The van der Waals surface area contributed by atoms with Crippen molar-refractivity contribution in [2.75, 3.05) is 25.0 Å². The number of rotatable bonds is 2. The fourth-order valence-electron chi connectivity index (χ4n) is 4.40. The summed E-state index contributed by atoms with van der Waals surface area (Å²) >= 11 is 0. The van der Waals surface area contributed by atoms with Gasteiger partial charge in [-0.3, -0.25) is 9.59 Å². The molecule has 0 aliphatic carbocycles. The molecule has 0 unspecified atom stereocenters. The number of hydrogen-bond acceptors (Lipinski definition) is 4. The van der Waals surface area contributed by atoms with E-state index in [4.69, 9.17) is 4.52 Å². The smallest absolute Gasteiger partial charge is 0.239 e. The number of aromatic nitrogens is 1. The first-order valence-electron chi connectivity index (χ1n) is 9.01. The molecule has 0 N–H and O–H groups in total. The molecular weight excluding hydrogens is 330 g/mol. The molecule has 2 aliphatic rings. The van der Waals surface area contributed by atoms with Crippen LogP contribution in [0.2, 0.25) is 0 Å². The standard InChI is InChI=1S/C20H23N3O3/c1-13-15(14(2)26-21-13)11-18(24)23-10-6-9-20(12-23)16-7-4-5-8-17(16)22(3)19(20)25/h4-5,7-8H,6,9-12H2,1-3H3/t20-/m1/s1. The Morgan fingerprint density at radius 1 is 1.31 bits per heavy atom. The number of carbonyl (C=O) groups excluding carboxylic acids is 2. The summed E-state index contributed by atoms with van der Waals surface area (Å²) in [6.45, 7) is 4.80. The minimum atomic E-state index is -0.613. The molecule has 3 heterocycles. The number of likely N-dealkylation sites (N-methyl/N-ethyl adjacent to an activating group) is 1. The summed E-state index contributed by atoms with van der Waals surface area (Å²) < 4.78 is 5.17. The van der Waals surface area contributed by atoms with Gasteiger partial charge in [-0.25, -0.2) is 0 Å². The van der Waals surface area contributed by atoms with E-state index < -0.39 is 5.41 Å². The molecule has 1 atom stereocenters. The van der Waals surface area contributed by atoms with Crippen LogP contribution in [-0.2, 0) is 21.4 Å². The van der Waals surface area contributed by atoms with Crippen LogP contribution in [0.1, 0.15) is 35.4 Å². The largest absolute Gasteiger partial charge is 0.361 e. The second kappa shape index (κ2) is 5.97. The second-order valence-electron chi connectivity index (χ2n) is 7.36. The lowest BCUT2D eigenvalue weighted by Gasteiger charge is -2.39. The monoisotopic (exact) mass is 353 g/mol. The van der Waals surface area contributed by atoms with Gasteiger partial charge in [0.1, 0.15) is 5.76 Å². The van der Waals surface area contributed by atoms with Crippen molar-refractivity contribution in [3.63, 3.8) is 0 Å². The van der Waals surface area contributed by atoms with Crippen LogP contribution < -0.4 is 4.90 Å². The van der Waals surface area contributed by atoms with E-state index in [1.807, 2.05) is 50.1 Å². The number of amides is 2. The van der Waals surface area contributed by atoms with Crippen molar-refractivity contribution in [3.8, 4) is 0 Å². The number of hydrogen-bond donors (Lipinski definition) is 0. The molecule has 0 bridgehead atoms. The fraction of sp³-hybridized carbons (Fsp3) is 0.450. The molecule has 1 fully saturated rings. The van der Waals surface area contributed by atoms with E-state index in [0.29, 0.717) is 18.8 Å². The predicted octanol–water partition coefficient (Wildman–Crippen LogP) is 2.37. The van der Waals surface area contributed by atoms with Crippen molar-refractivity contribution in [1.29, 1.82) is 0 Å². The van der Waals surface area contributed by atoms with E-state index in [1.165, 1.54) is 0 Å². The molecule has 4 rings (SSSR count). The van der Waals surface area contributed by atoms with Crippen LogP contribution in [0, 0.1) is 13.8 Å². The lowest BCUT2D eigenvalue weighted by Crippen LogP contribution is -2.53. The van der Waals surface area contributed by atoms with Gasteiger partial charge >= 0.3 is 0 Å². The SMILES string of the molecule is Cc1noc(C)c1CC(=O)N1CCC[C@]2(C1)C(=O)N(C)c1ccccc12. The third kappa shape index (κ3) is 2.35. The van der Waals surface area contributed by atoms with Crippen LogP contribution in [-0.4, -0.2) is 42.0 Å². The molecule has 6 heteroatoms. The summed E-state index contributed by atoms with van der Waals surface area (Å²) in [4.78, 5) is 29.6. The number of fused-ring (bicyclic) bond motifs is 2. The first-order valence-corrected chi connectivity index (χ1v) is 9.01. The number of para-hydroxylation sites is 1. The number of aryl methyl sites for hydroxylation is 2. The molecule has 1 spiro atoms. The van der Waals surface area contributed by atoms with E-state index in [0.717, 1.165) is 35.3 Å². The maximum atomic E-state index is 13.1. The molecule has 1 aromatic heterocycles. The fourth-order valence-corrected chi connectivity index (χ4v) is 4.40. The zero-order chi connectivity index (χ0) is 18.5. The van der Waals surface area contributed by atoms with Gasteiger partial charge in [0.25, 0.3) is 0 Å². The molecule has 2 aliphatic heterocycles. The first-order chi connectivity index (χ1) is 12.4. The molecular formula is C20H23N3O3.